The highest BCUT2D eigenvalue weighted by Gasteiger charge is 2.27. The maximum Gasteiger partial charge on any atom is 0.242 e. The number of carbonyl (C=O) groups excluding carboxylic acids is 2. The van der Waals surface area contributed by atoms with Crippen LogP contribution in [-0.4, -0.2) is 50.0 Å². The van der Waals surface area contributed by atoms with Gasteiger partial charge in [0.2, 0.25) is 21.8 Å². The van der Waals surface area contributed by atoms with Gasteiger partial charge in [-0.2, -0.15) is 0 Å². The number of rotatable bonds is 12. The van der Waals surface area contributed by atoms with Gasteiger partial charge in [0.05, 0.1) is 11.9 Å². The van der Waals surface area contributed by atoms with Gasteiger partial charge in [0, 0.05) is 30.0 Å². The summed E-state index contributed by atoms with van der Waals surface area (Å²) in [4.78, 5) is 27.8. The summed E-state index contributed by atoms with van der Waals surface area (Å²) in [6.45, 7) is 9.95. The molecule has 0 heterocycles. The Kier molecular flexibility index (Phi) is 11.0. The van der Waals surface area contributed by atoms with Gasteiger partial charge in [-0.1, -0.05) is 41.1 Å². The van der Waals surface area contributed by atoms with Crippen LogP contribution in [0.15, 0.2) is 46.9 Å². The van der Waals surface area contributed by atoms with Crippen LogP contribution in [0.5, 0.6) is 0 Å². The summed E-state index contributed by atoms with van der Waals surface area (Å²) < 4.78 is 27.3. The van der Waals surface area contributed by atoms with E-state index >= 15 is 0 Å². The van der Waals surface area contributed by atoms with Crippen molar-refractivity contribution in [2.45, 2.75) is 72.5 Å². The van der Waals surface area contributed by atoms with E-state index in [1.165, 1.54) is 10.6 Å². The van der Waals surface area contributed by atoms with Crippen LogP contribution in [0.25, 0.3) is 0 Å². The van der Waals surface area contributed by atoms with E-state index in [2.05, 4.69) is 21.2 Å². The molecule has 0 aromatic heterocycles. The summed E-state index contributed by atoms with van der Waals surface area (Å²) >= 11 is 3.42. The fourth-order valence-corrected chi connectivity index (χ4v) is 5.15. The first kappa shape index (κ1) is 29.8. The maximum atomic E-state index is 13.4. The molecule has 0 bridgehead atoms. The van der Waals surface area contributed by atoms with Crippen molar-refractivity contribution in [1.29, 1.82) is 0 Å². The summed E-state index contributed by atoms with van der Waals surface area (Å²) in [7, 11) is -3.53. The van der Waals surface area contributed by atoms with Gasteiger partial charge in [0.25, 0.3) is 0 Å². The Hall–Kier alpha value is -2.39. The topological polar surface area (TPSA) is 86.8 Å². The van der Waals surface area contributed by atoms with Crippen molar-refractivity contribution >= 4 is 43.5 Å². The molecule has 0 aliphatic heterocycles. The number of benzene rings is 2. The van der Waals surface area contributed by atoms with Crippen molar-refractivity contribution in [1.82, 2.24) is 10.2 Å². The van der Waals surface area contributed by atoms with Gasteiger partial charge in [0.15, 0.2) is 0 Å². The standard InChI is InChI=1S/C27H38BrN3O4S/c1-7-21(4)29-27(33)22(5)30(18-23-10-12-24(28)13-11-23)26(32)9-8-14-31(36(6,34)35)25-16-19(2)15-20(3)17-25/h10-13,15-17,21-22H,7-9,14,18H2,1-6H3,(H,29,33)/t21-,22-/m0/s1. The number of hydrogen-bond acceptors (Lipinski definition) is 4. The second kappa shape index (κ2) is 13.2. The highest BCUT2D eigenvalue weighted by Crippen LogP contribution is 2.22. The second-order valence-corrected chi connectivity index (χ2v) is 12.2. The molecule has 0 fully saturated rings. The summed E-state index contributed by atoms with van der Waals surface area (Å²) in [5, 5.41) is 2.96. The average Bonchev–Trinajstić information content (AvgIpc) is 2.79. The van der Waals surface area contributed by atoms with Crippen LogP contribution in [0.2, 0.25) is 0 Å². The van der Waals surface area contributed by atoms with E-state index in [9.17, 15) is 18.0 Å². The molecule has 1 N–H and O–H groups in total. The van der Waals surface area contributed by atoms with Crippen LogP contribution in [0, 0.1) is 13.8 Å². The van der Waals surface area contributed by atoms with Crippen LogP contribution >= 0.6 is 15.9 Å². The lowest BCUT2D eigenvalue weighted by Gasteiger charge is -2.30. The van der Waals surface area contributed by atoms with E-state index in [1.54, 1.807) is 11.8 Å². The van der Waals surface area contributed by atoms with Crippen molar-refractivity contribution in [3.8, 4) is 0 Å². The van der Waals surface area contributed by atoms with E-state index in [1.807, 2.05) is 70.2 Å². The summed E-state index contributed by atoms with van der Waals surface area (Å²) in [6.07, 6.45) is 2.41. The lowest BCUT2D eigenvalue weighted by molar-refractivity contribution is -0.140. The molecule has 36 heavy (non-hydrogen) atoms. The maximum absolute atomic E-state index is 13.4. The third kappa shape index (κ3) is 8.92. The van der Waals surface area contributed by atoms with Gasteiger partial charge in [-0.25, -0.2) is 8.42 Å². The first-order valence-corrected chi connectivity index (χ1v) is 14.9. The fraction of sp³-hybridized carbons (Fsp3) is 0.481. The molecule has 2 aromatic rings. The smallest absolute Gasteiger partial charge is 0.242 e. The molecule has 0 aliphatic carbocycles. The second-order valence-electron chi connectivity index (χ2n) is 9.43. The molecule has 0 spiro atoms. The SMILES string of the molecule is CC[C@H](C)NC(=O)[C@H](C)N(Cc1ccc(Br)cc1)C(=O)CCCN(c1cc(C)cc(C)c1)S(C)(=O)=O. The number of amides is 2. The molecule has 2 atom stereocenters. The number of sulfonamides is 1. The molecule has 2 aromatic carbocycles. The lowest BCUT2D eigenvalue weighted by Crippen LogP contribution is -2.49. The number of nitrogens with zero attached hydrogens (tertiary/aromatic N) is 2. The summed E-state index contributed by atoms with van der Waals surface area (Å²) in [5.41, 5.74) is 3.44. The van der Waals surface area contributed by atoms with Crippen LogP contribution in [0.4, 0.5) is 5.69 Å². The molecule has 198 valence electrons. The van der Waals surface area contributed by atoms with Gasteiger partial charge in [-0.05, 0) is 81.5 Å². The Morgan fingerprint density at radius 1 is 1.03 bits per heavy atom. The quantitative estimate of drug-likeness (QED) is 0.385. The van der Waals surface area contributed by atoms with Gasteiger partial charge in [-0.3, -0.25) is 13.9 Å². The van der Waals surface area contributed by atoms with Crippen LogP contribution in [0.1, 0.15) is 56.7 Å². The predicted octanol–water partition coefficient (Wildman–Crippen LogP) is 4.94. The predicted molar refractivity (Wildman–Crippen MR) is 149 cm³/mol. The molecule has 0 aliphatic rings. The number of carbonyl (C=O) groups is 2. The van der Waals surface area contributed by atoms with Crippen molar-refractivity contribution in [3.05, 3.63) is 63.6 Å². The fourth-order valence-electron chi connectivity index (χ4n) is 3.93. The zero-order valence-corrected chi connectivity index (χ0v) is 24.4. The van der Waals surface area contributed by atoms with Crippen LogP contribution in [0.3, 0.4) is 0 Å². The highest BCUT2D eigenvalue weighted by atomic mass is 79.9. The average molecular weight is 581 g/mol. The van der Waals surface area contributed by atoms with E-state index in [4.69, 9.17) is 0 Å². The third-order valence-corrected chi connectivity index (χ3v) is 7.80. The number of aryl methyl sites for hydroxylation is 2. The van der Waals surface area contributed by atoms with Crippen molar-refractivity contribution in [2.75, 3.05) is 17.1 Å². The Morgan fingerprint density at radius 3 is 2.14 bits per heavy atom. The minimum Gasteiger partial charge on any atom is -0.352 e. The highest BCUT2D eigenvalue weighted by molar-refractivity contribution is 9.10. The van der Waals surface area contributed by atoms with E-state index in [0.29, 0.717) is 12.1 Å². The van der Waals surface area contributed by atoms with Gasteiger partial charge >= 0.3 is 0 Å². The van der Waals surface area contributed by atoms with Gasteiger partial charge in [0.1, 0.15) is 6.04 Å². The zero-order chi connectivity index (χ0) is 27.0. The molecule has 2 rings (SSSR count). The van der Waals surface area contributed by atoms with Crippen molar-refractivity contribution < 1.29 is 18.0 Å². The van der Waals surface area contributed by atoms with Crippen molar-refractivity contribution in [3.63, 3.8) is 0 Å². The first-order chi connectivity index (χ1) is 16.8. The van der Waals surface area contributed by atoms with E-state index in [-0.39, 0.29) is 37.4 Å². The number of anilines is 1. The first-order valence-electron chi connectivity index (χ1n) is 12.2. The zero-order valence-electron chi connectivity index (χ0n) is 22.0. The molecule has 2 amide bonds. The minimum absolute atomic E-state index is 0.00527. The number of hydrogen-bond donors (Lipinski definition) is 1. The normalized spacial score (nSPS) is 13.1. The van der Waals surface area contributed by atoms with E-state index < -0.39 is 16.1 Å². The third-order valence-electron chi connectivity index (χ3n) is 6.08. The van der Waals surface area contributed by atoms with Crippen molar-refractivity contribution in [2.24, 2.45) is 0 Å². The van der Waals surface area contributed by atoms with E-state index in [0.717, 1.165) is 27.6 Å². The molecule has 0 saturated carbocycles. The lowest BCUT2D eigenvalue weighted by atomic mass is 10.1. The number of nitrogens with one attached hydrogen (secondary N) is 1. The summed E-state index contributed by atoms with van der Waals surface area (Å²) in [6, 6.07) is 12.6. The Bertz CT molecular complexity index is 1130. The molecule has 0 saturated heterocycles. The van der Waals surface area contributed by atoms with Crippen LogP contribution in [-0.2, 0) is 26.2 Å². The van der Waals surface area contributed by atoms with Crippen LogP contribution < -0.4 is 9.62 Å². The monoisotopic (exact) mass is 579 g/mol. The molecule has 7 nitrogen and oxygen atoms in total. The molecule has 0 radical (unpaired) electrons. The summed E-state index contributed by atoms with van der Waals surface area (Å²) in [5.74, 6) is -0.401. The molecular formula is C27H38BrN3O4S. The molecule has 9 heteroatoms. The molecule has 0 unspecified atom stereocenters. The Labute approximate surface area is 224 Å². The Morgan fingerprint density at radius 2 is 1.61 bits per heavy atom. The van der Waals surface area contributed by atoms with Gasteiger partial charge < -0.3 is 10.2 Å². The number of halogens is 1. The molecular weight excluding hydrogens is 542 g/mol. The van der Waals surface area contributed by atoms with Gasteiger partial charge in [-0.15, -0.1) is 0 Å². The minimum atomic E-state index is -3.53. The Balaban J connectivity index is 2.19. The largest absolute Gasteiger partial charge is 0.352 e.